The van der Waals surface area contributed by atoms with Crippen LogP contribution in [0.15, 0.2) is 71.1 Å². The lowest BCUT2D eigenvalue weighted by Crippen LogP contribution is -2.30. The van der Waals surface area contributed by atoms with Gasteiger partial charge in [-0.05, 0) is 37.1 Å². The average Bonchev–Trinajstić information content (AvgIpc) is 3.51. The van der Waals surface area contributed by atoms with Crippen molar-refractivity contribution in [3.63, 3.8) is 0 Å². The van der Waals surface area contributed by atoms with E-state index in [1.165, 1.54) is 4.70 Å². The summed E-state index contributed by atoms with van der Waals surface area (Å²) >= 11 is 1.71. The van der Waals surface area contributed by atoms with Crippen molar-refractivity contribution >= 4 is 27.5 Å². The van der Waals surface area contributed by atoms with E-state index in [9.17, 15) is 4.79 Å². The van der Waals surface area contributed by atoms with Crippen molar-refractivity contribution in [1.29, 1.82) is 0 Å². The SMILES string of the molecule is O=C(CCc1ccc(-c2ccccc2)o1)N1CCC[C@@H]1c1nc2ccccc2s1. The Labute approximate surface area is 173 Å². The summed E-state index contributed by atoms with van der Waals surface area (Å²) in [6.45, 7) is 0.812. The number of rotatable bonds is 5. The van der Waals surface area contributed by atoms with Gasteiger partial charge >= 0.3 is 0 Å². The van der Waals surface area contributed by atoms with Gasteiger partial charge in [0.05, 0.1) is 16.3 Å². The van der Waals surface area contributed by atoms with Gasteiger partial charge in [0.15, 0.2) is 0 Å². The highest BCUT2D eigenvalue weighted by atomic mass is 32.1. The van der Waals surface area contributed by atoms with Gasteiger partial charge in [0.2, 0.25) is 5.91 Å². The number of thiazole rings is 1. The highest BCUT2D eigenvalue weighted by Crippen LogP contribution is 2.37. The summed E-state index contributed by atoms with van der Waals surface area (Å²) in [6, 6.07) is 22.3. The quantitative estimate of drug-likeness (QED) is 0.420. The number of benzene rings is 2. The fraction of sp³-hybridized carbons (Fsp3) is 0.250. The van der Waals surface area contributed by atoms with Crippen molar-refractivity contribution in [2.75, 3.05) is 6.54 Å². The molecule has 0 radical (unpaired) electrons. The zero-order chi connectivity index (χ0) is 19.6. The smallest absolute Gasteiger partial charge is 0.223 e. The largest absolute Gasteiger partial charge is 0.461 e. The maximum atomic E-state index is 13.0. The van der Waals surface area contributed by atoms with Gasteiger partial charge in [0, 0.05) is 24.9 Å². The molecule has 0 saturated carbocycles. The molecule has 1 aliphatic heterocycles. The minimum Gasteiger partial charge on any atom is -0.461 e. The number of carbonyl (C=O) groups excluding carboxylic acids is 1. The molecule has 1 saturated heterocycles. The molecular weight excluding hydrogens is 380 g/mol. The molecule has 2 aromatic carbocycles. The standard InChI is InChI=1S/C24H22N2O2S/c27-23(15-13-18-12-14-21(28-18)17-7-2-1-3-8-17)26-16-6-10-20(26)24-25-19-9-4-5-11-22(19)29-24/h1-5,7-9,11-12,14,20H,6,10,13,15-16H2/t20-/m1/s1. The van der Waals surface area contributed by atoms with Crippen molar-refractivity contribution in [2.24, 2.45) is 0 Å². The molecule has 1 aliphatic rings. The molecule has 4 aromatic rings. The number of furan rings is 1. The fourth-order valence-electron chi connectivity index (χ4n) is 4.00. The number of amides is 1. The van der Waals surface area contributed by atoms with Crippen LogP contribution in [0.5, 0.6) is 0 Å². The average molecular weight is 403 g/mol. The van der Waals surface area contributed by atoms with E-state index in [2.05, 4.69) is 6.07 Å². The molecule has 0 N–H and O–H groups in total. The van der Waals surface area contributed by atoms with E-state index in [0.717, 1.165) is 47.0 Å². The zero-order valence-corrected chi connectivity index (χ0v) is 16.9. The Morgan fingerprint density at radius 2 is 1.90 bits per heavy atom. The Kier molecular flexibility index (Phi) is 4.90. The van der Waals surface area contributed by atoms with Gasteiger partial charge in [-0.25, -0.2) is 4.98 Å². The van der Waals surface area contributed by atoms with E-state index in [1.54, 1.807) is 11.3 Å². The van der Waals surface area contributed by atoms with Crippen LogP contribution in [0.4, 0.5) is 0 Å². The number of nitrogens with zero attached hydrogens (tertiary/aromatic N) is 2. The Morgan fingerprint density at radius 3 is 2.76 bits per heavy atom. The summed E-state index contributed by atoms with van der Waals surface area (Å²) in [5, 5.41) is 1.06. The molecule has 1 fully saturated rings. The molecular formula is C24H22N2O2S. The first-order valence-electron chi connectivity index (χ1n) is 10.1. The zero-order valence-electron chi connectivity index (χ0n) is 16.1. The first-order valence-corrected chi connectivity index (χ1v) is 10.9. The number of likely N-dealkylation sites (tertiary alicyclic amines) is 1. The highest BCUT2D eigenvalue weighted by molar-refractivity contribution is 7.18. The molecule has 5 heteroatoms. The predicted octanol–water partition coefficient (Wildman–Crippen LogP) is 5.85. The van der Waals surface area contributed by atoms with Crippen LogP contribution in [-0.4, -0.2) is 22.3 Å². The Morgan fingerprint density at radius 1 is 1.07 bits per heavy atom. The van der Waals surface area contributed by atoms with Crippen LogP contribution >= 0.6 is 11.3 Å². The maximum absolute atomic E-state index is 13.0. The van der Waals surface area contributed by atoms with Gasteiger partial charge < -0.3 is 9.32 Å². The molecule has 146 valence electrons. The summed E-state index contributed by atoms with van der Waals surface area (Å²) in [5.74, 6) is 1.89. The summed E-state index contributed by atoms with van der Waals surface area (Å²) in [7, 11) is 0. The van der Waals surface area contributed by atoms with E-state index >= 15 is 0 Å². The number of aromatic nitrogens is 1. The van der Waals surface area contributed by atoms with Gasteiger partial charge in [-0.2, -0.15) is 0 Å². The monoisotopic (exact) mass is 402 g/mol. The maximum Gasteiger partial charge on any atom is 0.223 e. The molecule has 29 heavy (non-hydrogen) atoms. The van der Waals surface area contributed by atoms with Gasteiger partial charge in [-0.3, -0.25) is 4.79 Å². The molecule has 1 amide bonds. The second-order valence-electron chi connectivity index (χ2n) is 7.40. The minimum absolute atomic E-state index is 0.108. The second-order valence-corrected chi connectivity index (χ2v) is 8.46. The van der Waals surface area contributed by atoms with Gasteiger partial charge in [-0.1, -0.05) is 42.5 Å². The number of carbonyl (C=O) groups is 1. The molecule has 2 aromatic heterocycles. The Hall–Kier alpha value is -2.92. The fourth-order valence-corrected chi connectivity index (χ4v) is 5.11. The third-order valence-electron chi connectivity index (χ3n) is 5.47. The first kappa shape index (κ1) is 18.1. The Bertz CT molecular complexity index is 1100. The molecule has 1 atom stereocenters. The number of fused-ring (bicyclic) bond motifs is 1. The van der Waals surface area contributed by atoms with Crippen LogP contribution in [0.1, 0.15) is 36.1 Å². The predicted molar refractivity (Wildman–Crippen MR) is 116 cm³/mol. The lowest BCUT2D eigenvalue weighted by Gasteiger charge is -2.23. The lowest BCUT2D eigenvalue weighted by molar-refractivity contribution is -0.132. The van der Waals surface area contributed by atoms with Crippen LogP contribution in [-0.2, 0) is 11.2 Å². The van der Waals surface area contributed by atoms with Crippen LogP contribution in [0.3, 0.4) is 0 Å². The number of hydrogen-bond acceptors (Lipinski definition) is 4. The first-order chi connectivity index (χ1) is 14.3. The van der Waals surface area contributed by atoms with Crippen LogP contribution < -0.4 is 0 Å². The molecule has 0 unspecified atom stereocenters. The molecule has 5 rings (SSSR count). The number of para-hydroxylation sites is 1. The van der Waals surface area contributed by atoms with E-state index in [-0.39, 0.29) is 11.9 Å². The van der Waals surface area contributed by atoms with Crippen molar-refractivity contribution in [2.45, 2.75) is 31.7 Å². The van der Waals surface area contributed by atoms with Crippen molar-refractivity contribution in [3.05, 3.63) is 77.5 Å². The van der Waals surface area contributed by atoms with Crippen LogP contribution in [0.2, 0.25) is 0 Å². The molecule has 0 aliphatic carbocycles. The normalized spacial score (nSPS) is 16.6. The summed E-state index contributed by atoms with van der Waals surface area (Å²) < 4.78 is 7.14. The van der Waals surface area contributed by atoms with Gasteiger partial charge in [-0.15, -0.1) is 11.3 Å². The minimum atomic E-state index is 0.108. The van der Waals surface area contributed by atoms with Crippen LogP contribution in [0.25, 0.3) is 21.5 Å². The van der Waals surface area contributed by atoms with Gasteiger partial charge in [0.1, 0.15) is 16.5 Å². The molecule has 3 heterocycles. The van der Waals surface area contributed by atoms with E-state index in [1.807, 2.05) is 65.6 Å². The van der Waals surface area contributed by atoms with E-state index in [0.29, 0.717) is 12.8 Å². The molecule has 0 spiro atoms. The molecule has 4 nitrogen and oxygen atoms in total. The number of hydrogen-bond donors (Lipinski definition) is 0. The van der Waals surface area contributed by atoms with Crippen molar-refractivity contribution in [3.8, 4) is 11.3 Å². The lowest BCUT2D eigenvalue weighted by atomic mass is 10.2. The summed E-state index contributed by atoms with van der Waals surface area (Å²) in [4.78, 5) is 19.8. The van der Waals surface area contributed by atoms with Crippen LogP contribution in [0, 0.1) is 0 Å². The third kappa shape index (κ3) is 3.70. The van der Waals surface area contributed by atoms with E-state index < -0.39 is 0 Å². The van der Waals surface area contributed by atoms with Gasteiger partial charge in [0.25, 0.3) is 0 Å². The van der Waals surface area contributed by atoms with E-state index in [4.69, 9.17) is 9.40 Å². The van der Waals surface area contributed by atoms with Crippen molar-refractivity contribution in [1.82, 2.24) is 9.88 Å². The summed E-state index contributed by atoms with van der Waals surface area (Å²) in [5.41, 5.74) is 2.08. The number of aryl methyl sites for hydroxylation is 1. The highest BCUT2D eigenvalue weighted by Gasteiger charge is 2.32. The Balaban J connectivity index is 1.26. The third-order valence-corrected chi connectivity index (χ3v) is 6.61. The van der Waals surface area contributed by atoms with Crippen molar-refractivity contribution < 1.29 is 9.21 Å². The molecule has 0 bridgehead atoms. The topological polar surface area (TPSA) is 46.3 Å². The second kappa shape index (κ2) is 7.84. The summed E-state index contributed by atoms with van der Waals surface area (Å²) in [6.07, 6.45) is 3.10.